The smallest absolute Gasteiger partial charge is 0.236 e. The van der Waals surface area contributed by atoms with Gasteiger partial charge in [-0.25, -0.2) is 0 Å². The molecule has 3 nitrogen and oxygen atoms in total. The van der Waals surface area contributed by atoms with E-state index in [-0.39, 0.29) is 11.9 Å². The van der Waals surface area contributed by atoms with Crippen LogP contribution in [0.5, 0.6) is 0 Å². The second-order valence-corrected chi connectivity index (χ2v) is 5.39. The lowest BCUT2D eigenvalue weighted by Crippen LogP contribution is -2.42. The van der Waals surface area contributed by atoms with Crippen LogP contribution in [0.25, 0.3) is 10.8 Å². The molecule has 112 valence electrons. The molecule has 1 unspecified atom stereocenters. The van der Waals surface area contributed by atoms with E-state index in [2.05, 4.69) is 47.9 Å². The first-order valence-corrected chi connectivity index (χ1v) is 7.70. The summed E-state index contributed by atoms with van der Waals surface area (Å²) in [7, 11) is 0. The Hall–Kier alpha value is -1.87. The van der Waals surface area contributed by atoms with Gasteiger partial charge in [-0.2, -0.15) is 0 Å². The van der Waals surface area contributed by atoms with E-state index in [1.165, 1.54) is 16.3 Å². The number of unbranched alkanes of at least 4 members (excludes halogenated alkanes) is 1. The van der Waals surface area contributed by atoms with Crippen molar-refractivity contribution in [1.82, 2.24) is 10.6 Å². The third kappa shape index (κ3) is 4.30. The summed E-state index contributed by atoms with van der Waals surface area (Å²) in [5.74, 6) is 0.0729. The number of carbonyl (C=O) groups excluding carboxylic acids is 1. The number of hydrogen-bond donors (Lipinski definition) is 2. The highest BCUT2D eigenvalue weighted by Crippen LogP contribution is 2.18. The van der Waals surface area contributed by atoms with Crippen molar-refractivity contribution in [2.45, 2.75) is 39.3 Å². The lowest BCUT2D eigenvalue weighted by Gasteiger charge is -2.15. The topological polar surface area (TPSA) is 41.1 Å². The summed E-state index contributed by atoms with van der Waals surface area (Å²) in [5.41, 5.74) is 1.22. The van der Waals surface area contributed by atoms with Gasteiger partial charge in [0.2, 0.25) is 5.91 Å². The summed E-state index contributed by atoms with van der Waals surface area (Å²) in [6.45, 7) is 5.49. The third-order valence-corrected chi connectivity index (χ3v) is 3.70. The first-order valence-electron chi connectivity index (χ1n) is 7.70. The molecule has 0 bridgehead atoms. The zero-order chi connectivity index (χ0) is 15.1. The van der Waals surface area contributed by atoms with E-state index in [1.54, 1.807) is 0 Å². The van der Waals surface area contributed by atoms with Gasteiger partial charge in [-0.15, -0.1) is 0 Å². The summed E-state index contributed by atoms with van der Waals surface area (Å²) in [5, 5.41) is 8.74. The van der Waals surface area contributed by atoms with Crippen LogP contribution in [0.2, 0.25) is 0 Å². The molecule has 0 fully saturated rings. The van der Waals surface area contributed by atoms with Gasteiger partial charge in [0, 0.05) is 13.1 Å². The van der Waals surface area contributed by atoms with Crippen molar-refractivity contribution in [2.75, 3.05) is 6.54 Å². The third-order valence-electron chi connectivity index (χ3n) is 3.70. The molecule has 21 heavy (non-hydrogen) atoms. The second kappa shape index (κ2) is 7.79. The van der Waals surface area contributed by atoms with Crippen molar-refractivity contribution in [3.8, 4) is 0 Å². The Labute approximate surface area is 126 Å². The van der Waals surface area contributed by atoms with Crippen molar-refractivity contribution < 1.29 is 4.79 Å². The van der Waals surface area contributed by atoms with Crippen LogP contribution in [0.3, 0.4) is 0 Å². The normalized spacial score (nSPS) is 12.3. The molecule has 2 aromatic rings. The Bertz CT molecular complexity index is 589. The largest absolute Gasteiger partial charge is 0.355 e. The number of hydrogen-bond acceptors (Lipinski definition) is 2. The van der Waals surface area contributed by atoms with Crippen LogP contribution >= 0.6 is 0 Å². The Morgan fingerprint density at radius 1 is 1.14 bits per heavy atom. The second-order valence-electron chi connectivity index (χ2n) is 5.39. The van der Waals surface area contributed by atoms with E-state index in [0.717, 1.165) is 19.4 Å². The summed E-state index contributed by atoms with van der Waals surface area (Å²) in [6.07, 6.45) is 2.12. The Balaban J connectivity index is 1.94. The highest BCUT2D eigenvalue weighted by Gasteiger charge is 2.11. The van der Waals surface area contributed by atoms with Gasteiger partial charge in [0.15, 0.2) is 0 Å². The van der Waals surface area contributed by atoms with Crippen LogP contribution in [0.4, 0.5) is 0 Å². The number of fused-ring (bicyclic) bond motifs is 1. The Kier molecular flexibility index (Phi) is 5.76. The number of rotatable bonds is 7. The van der Waals surface area contributed by atoms with Crippen LogP contribution in [0, 0.1) is 0 Å². The van der Waals surface area contributed by atoms with E-state index < -0.39 is 0 Å². The SMILES string of the molecule is CCCCNC(=O)C(C)NCc1cccc2ccccc12. The minimum Gasteiger partial charge on any atom is -0.355 e. The molecule has 2 N–H and O–H groups in total. The molecule has 0 heterocycles. The van der Waals surface area contributed by atoms with Crippen LogP contribution in [-0.2, 0) is 11.3 Å². The van der Waals surface area contributed by atoms with Crippen molar-refractivity contribution in [3.05, 3.63) is 48.0 Å². The van der Waals surface area contributed by atoms with Gasteiger partial charge in [0.05, 0.1) is 6.04 Å². The number of nitrogens with one attached hydrogen (secondary N) is 2. The van der Waals surface area contributed by atoms with Crippen molar-refractivity contribution in [2.24, 2.45) is 0 Å². The van der Waals surface area contributed by atoms with Crippen molar-refractivity contribution in [3.63, 3.8) is 0 Å². The standard InChI is InChI=1S/C18H24N2O/c1-3-4-12-19-18(21)14(2)20-13-16-10-7-9-15-8-5-6-11-17(15)16/h5-11,14,20H,3-4,12-13H2,1-2H3,(H,19,21). The van der Waals surface area contributed by atoms with E-state index in [9.17, 15) is 4.79 Å². The Morgan fingerprint density at radius 2 is 1.90 bits per heavy atom. The molecule has 0 aliphatic rings. The van der Waals surface area contributed by atoms with Gasteiger partial charge in [0.25, 0.3) is 0 Å². The lowest BCUT2D eigenvalue weighted by molar-refractivity contribution is -0.122. The van der Waals surface area contributed by atoms with E-state index in [0.29, 0.717) is 6.54 Å². The van der Waals surface area contributed by atoms with Gasteiger partial charge in [-0.05, 0) is 29.7 Å². The molecule has 1 amide bonds. The van der Waals surface area contributed by atoms with Crippen molar-refractivity contribution in [1.29, 1.82) is 0 Å². The molecule has 0 aromatic heterocycles. The molecule has 0 aliphatic carbocycles. The fourth-order valence-electron chi connectivity index (χ4n) is 2.34. The predicted octanol–water partition coefficient (Wildman–Crippen LogP) is 3.23. The zero-order valence-corrected chi connectivity index (χ0v) is 12.9. The molecule has 0 radical (unpaired) electrons. The highest BCUT2D eigenvalue weighted by molar-refractivity contribution is 5.85. The van der Waals surface area contributed by atoms with Gasteiger partial charge >= 0.3 is 0 Å². The van der Waals surface area contributed by atoms with E-state index in [4.69, 9.17) is 0 Å². The molecule has 2 aromatic carbocycles. The fourth-order valence-corrected chi connectivity index (χ4v) is 2.34. The number of amides is 1. The number of carbonyl (C=O) groups is 1. The molecule has 3 heteroatoms. The maximum absolute atomic E-state index is 11.9. The van der Waals surface area contributed by atoms with Crippen LogP contribution < -0.4 is 10.6 Å². The highest BCUT2D eigenvalue weighted by atomic mass is 16.2. The van der Waals surface area contributed by atoms with Gasteiger partial charge in [-0.3, -0.25) is 4.79 Å². The Morgan fingerprint density at radius 3 is 2.71 bits per heavy atom. The molecule has 1 atom stereocenters. The monoisotopic (exact) mass is 284 g/mol. The minimum absolute atomic E-state index is 0.0729. The molecule has 0 aliphatic heterocycles. The van der Waals surface area contributed by atoms with Gasteiger partial charge in [0.1, 0.15) is 0 Å². The molecular weight excluding hydrogens is 260 g/mol. The van der Waals surface area contributed by atoms with E-state index >= 15 is 0 Å². The first-order chi connectivity index (χ1) is 10.2. The van der Waals surface area contributed by atoms with E-state index in [1.807, 2.05) is 19.1 Å². The summed E-state index contributed by atoms with van der Waals surface area (Å²) >= 11 is 0. The molecule has 2 rings (SSSR count). The quantitative estimate of drug-likeness (QED) is 0.766. The predicted molar refractivity (Wildman–Crippen MR) is 88.2 cm³/mol. The van der Waals surface area contributed by atoms with Crippen LogP contribution in [0.15, 0.2) is 42.5 Å². The summed E-state index contributed by atoms with van der Waals surface area (Å²) < 4.78 is 0. The maximum Gasteiger partial charge on any atom is 0.236 e. The molecule has 0 saturated heterocycles. The number of benzene rings is 2. The van der Waals surface area contributed by atoms with Crippen LogP contribution in [-0.4, -0.2) is 18.5 Å². The van der Waals surface area contributed by atoms with Gasteiger partial charge < -0.3 is 10.6 Å². The van der Waals surface area contributed by atoms with Gasteiger partial charge in [-0.1, -0.05) is 55.8 Å². The molecule has 0 spiro atoms. The summed E-state index contributed by atoms with van der Waals surface area (Å²) in [6, 6.07) is 14.4. The lowest BCUT2D eigenvalue weighted by atomic mass is 10.0. The average molecular weight is 284 g/mol. The van der Waals surface area contributed by atoms with Crippen molar-refractivity contribution >= 4 is 16.7 Å². The maximum atomic E-state index is 11.9. The fraction of sp³-hybridized carbons (Fsp3) is 0.389. The van der Waals surface area contributed by atoms with Crippen LogP contribution in [0.1, 0.15) is 32.3 Å². The molecule has 0 saturated carbocycles. The summed E-state index contributed by atoms with van der Waals surface area (Å²) in [4.78, 5) is 11.9. The molecular formula is C18H24N2O. The first kappa shape index (κ1) is 15.5. The minimum atomic E-state index is -0.180. The average Bonchev–Trinajstić information content (AvgIpc) is 2.52. The zero-order valence-electron chi connectivity index (χ0n) is 12.9.